The number of esters is 1. The number of hydrogen-bond acceptors (Lipinski definition) is 2. The minimum atomic E-state index is -1.04. The second-order valence-corrected chi connectivity index (χ2v) is 8.99. The van der Waals surface area contributed by atoms with Crippen molar-refractivity contribution in [2.75, 3.05) is 0 Å². The van der Waals surface area contributed by atoms with Crippen molar-refractivity contribution in [2.45, 2.75) is 70.6 Å². The Kier molecular flexibility index (Phi) is 9.01. The zero-order valence-electron chi connectivity index (χ0n) is 19.0. The zero-order chi connectivity index (χ0) is 22.9. The van der Waals surface area contributed by atoms with Gasteiger partial charge in [0.2, 0.25) is 0 Å². The lowest BCUT2D eigenvalue weighted by Gasteiger charge is -2.34. The number of halogens is 2. The van der Waals surface area contributed by atoms with Gasteiger partial charge in [-0.1, -0.05) is 63.7 Å². The van der Waals surface area contributed by atoms with Crippen molar-refractivity contribution in [1.29, 1.82) is 0 Å². The van der Waals surface area contributed by atoms with E-state index in [-0.39, 0.29) is 5.75 Å². The van der Waals surface area contributed by atoms with Crippen LogP contribution in [0.25, 0.3) is 0 Å². The average molecular weight is 441 g/mol. The third kappa shape index (κ3) is 6.51. The van der Waals surface area contributed by atoms with Gasteiger partial charge in [0.05, 0.1) is 5.56 Å². The Morgan fingerprint density at radius 2 is 1.78 bits per heavy atom. The predicted octanol–water partition coefficient (Wildman–Crippen LogP) is 8.23. The molecule has 0 bridgehead atoms. The molecule has 2 nitrogen and oxygen atoms in total. The fraction of sp³-hybridized carbons (Fsp3) is 0.464. The number of ether oxygens (including phenoxy) is 1. The molecule has 2 aromatic rings. The van der Waals surface area contributed by atoms with Crippen LogP contribution in [0.2, 0.25) is 0 Å². The second kappa shape index (κ2) is 11.9. The number of unbranched alkanes of at least 4 members (excludes halogenated alkanes) is 2. The summed E-state index contributed by atoms with van der Waals surface area (Å²) >= 11 is 0. The maximum absolute atomic E-state index is 13.4. The normalized spacial score (nSPS) is 19.3. The van der Waals surface area contributed by atoms with Gasteiger partial charge in [-0.25, -0.2) is 13.6 Å². The maximum Gasteiger partial charge on any atom is 0.343 e. The van der Waals surface area contributed by atoms with Gasteiger partial charge in [0.25, 0.3) is 0 Å². The summed E-state index contributed by atoms with van der Waals surface area (Å²) in [5, 5.41) is 0. The van der Waals surface area contributed by atoms with Crippen molar-refractivity contribution in [3.8, 4) is 5.75 Å². The lowest BCUT2D eigenvalue weighted by Crippen LogP contribution is -2.21. The van der Waals surface area contributed by atoms with Crippen LogP contribution in [0.1, 0.15) is 86.6 Å². The summed E-state index contributed by atoms with van der Waals surface area (Å²) < 4.78 is 31.6. The molecule has 1 unspecified atom stereocenters. The van der Waals surface area contributed by atoms with E-state index in [1.54, 1.807) is 12.1 Å². The molecule has 1 fully saturated rings. The van der Waals surface area contributed by atoms with Gasteiger partial charge in [-0.05, 0) is 66.8 Å². The number of rotatable bonds is 10. The van der Waals surface area contributed by atoms with E-state index in [9.17, 15) is 13.6 Å². The van der Waals surface area contributed by atoms with E-state index in [1.165, 1.54) is 63.0 Å². The Balaban J connectivity index is 1.61. The van der Waals surface area contributed by atoms with Gasteiger partial charge in [0.15, 0.2) is 11.6 Å². The molecule has 0 amide bonds. The topological polar surface area (TPSA) is 26.3 Å². The van der Waals surface area contributed by atoms with Crippen molar-refractivity contribution < 1.29 is 18.3 Å². The first-order valence-electron chi connectivity index (χ1n) is 11.9. The number of benzene rings is 2. The first-order valence-corrected chi connectivity index (χ1v) is 11.9. The monoisotopic (exact) mass is 440 g/mol. The van der Waals surface area contributed by atoms with E-state index in [4.69, 9.17) is 4.74 Å². The summed E-state index contributed by atoms with van der Waals surface area (Å²) in [6.07, 6.45) is 13.3. The minimum absolute atomic E-state index is 0.0155. The predicted molar refractivity (Wildman–Crippen MR) is 125 cm³/mol. The lowest BCUT2D eigenvalue weighted by molar-refractivity contribution is 0.0734. The van der Waals surface area contributed by atoms with Gasteiger partial charge in [-0.3, -0.25) is 0 Å². The third-order valence-corrected chi connectivity index (χ3v) is 6.77. The molecule has 0 aromatic heterocycles. The molecule has 0 spiro atoms. The van der Waals surface area contributed by atoms with E-state index in [2.05, 4.69) is 13.5 Å². The molecule has 0 aliphatic heterocycles. The molecular weight excluding hydrogens is 406 g/mol. The molecule has 32 heavy (non-hydrogen) atoms. The minimum Gasteiger partial charge on any atom is -0.423 e. The maximum atomic E-state index is 13.4. The van der Waals surface area contributed by atoms with Gasteiger partial charge in [0, 0.05) is 6.07 Å². The Labute approximate surface area is 190 Å². The Morgan fingerprint density at radius 1 is 1.06 bits per heavy atom. The molecule has 0 saturated heterocycles. The number of allylic oxidation sites excluding steroid dienone is 1. The molecule has 2 aromatic carbocycles. The van der Waals surface area contributed by atoms with Gasteiger partial charge in [-0.15, -0.1) is 6.58 Å². The molecule has 1 aliphatic rings. The molecule has 1 aliphatic carbocycles. The average Bonchev–Trinajstić information content (AvgIpc) is 2.81. The first-order chi connectivity index (χ1) is 15.5. The number of carbonyl (C=O) groups is 1. The van der Waals surface area contributed by atoms with E-state index >= 15 is 0 Å². The highest BCUT2D eigenvalue weighted by Crippen LogP contribution is 2.41. The molecule has 172 valence electrons. The summed E-state index contributed by atoms with van der Waals surface area (Å²) in [5.41, 5.74) is 1.60. The van der Waals surface area contributed by atoms with Crippen LogP contribution in [0.3, 0.4) is 0 Å². The van der Waals surface area contributed by atoms with Crippen molar-refractivity contribution in [1.82, 2.24) is 0 Å². The van der Waals surface area contributed by atoms with Crippen LogP contribution in [0.4, 0.5) is 8.78 Å². The quantitative estimate of drug-likeness (QED) is 0.161. The third-order valence-electron chi connectivity index (χ3n) is 6.77. The van der Waals surface area contributed by atoms with Crippen LogP contribution in [0.5, 0.6) is 5.75 Å². The molecular formula is C28H34F2O2. The zero-order valence-corrected chi connectivity index (χ0v) is 19.0. The van der Waals surface area contributed by atoms with Crippen LogP contribution < -0.4 is 4.74 Å². The van der Waals surface area contributed by atoms with Crippen molar-refractivity contribution in [3.05, 3.63) is 77.9 Å². The van der Waals surface area contributed by atoms with E-state index < -0.39 is 17.6 Å². The van der Waals surface area contributed by atoms with E-state index in [0.717, 1.165) is 24.5 Å². The summed E-state index contributed by atoms with van der Waals surface area (Å²) in [7, 11) is 0. The molecule has 0 N–H and O–H groups in total. The van der Waals surface area contributed by atoms with Crippen LogP contribution in [-0.4, -0.2) is 5.97 Å². The van der Waals surface area contributed by atoms with Gasteiger partial charge >= 0.3 is 5.97 Å². The van der Waals surface area contributed by atoms with Crippen LogP contribution in [0.15, 0.2) is 55.1 Å². The first kappa shape index (κ1) is 24.2. The van der Waals surface area contributed by atoms with Crippen LogP contribution in [0, 0.1) is 23.5 Å². The summed E-state index contributed by atoms with van der Waals surface area (Å²) in [6, 6.07) is 10.5. The number of carbonyl (C=O) groups excluding carboxylic acids is 1. The lowest BCUT2D eigenvalue weighted by atomic mass is 9.71. The molecule has 0 radical (unpaired) electrons. The molecule has 4 heteroatoms. The highest BCUT2D eigenvalue weighted by molar-refractivity contribution is 5.91. The van der Waals surface area contributed by atoms with E-state index in [0.29, 0.717) is 17.4 Å². The second-order valence-electron chi connectivity index (χ2n) is 8.99. The smallest absolute Gasteiger partial charge is 0.343 e. The van der Waals surface area contributed by atoms with Crippen molar-refractivity contribution in [2.24, 2.45) is 11.8 Å². The summed E-state index contributed by atoms with van der Waals surface area (Å²) in [6.45, 7) is 6.21. The standard InChI is InChI=1S/C28H34F2O2/c1-3-5-6-8-20-9-11-21(12-10-20)25(7-4-2)22-13-15-23(16-14-22)28(31)32-24-17-18-26(29)27(30)19-24/h4,13-21,25H,2-3,5-12H2,1H3. The van der Waals surface area contributed by atoms with Crippen LogP contribution in [-0.2, 0) is 0 Å². The fourth-order valence-electron chi connectivity index (χ4n) is 4.92. The fourth-order valence-corrected chi connectivity index (χ4v) is 4.92. The number of hydrogen-bond donors (Lipinski definition) is 0. The van der Waals surface area contributed by atoms with Gasteiger partial charge in [-0.2, -0.15) is 0 Å². The molecule has 3 rings (SSSR count). The summed E-state index contributed by atoms with van der Waals surface area (Å²) in [5.74, 6) is -0.713. The van der Waals surface area contributed by atoms with Gasteiger partial charge in [0.1, 0.15) is 5.75 Å². The summed E-state index contributed by atoms with van der Waals surface area (Å²) in [4.78, 5) is 12.4. The Hall–Kier alpha value is -2.49. The largest absolute Gasteiger partial charge is 0.423 e. The van der Waals surface area contributed by atoms with Gasteiger partial charge < -0.3 is 4.74 Å². The molecule has 1 saturated carbocycles. The molecule has 1 atom stereocenters. The van der Waals surface area contributed by atoms with E-state index in [1.807, 2.05) is 18.2 Å². The van der Waals surface area contributed by atoms with Crippen molar-refractivity contribution in [3.63, 3.8) is 0 Å². The SMILES string of the molecule is C=CCC(c1ccc(C(=O)Oc2ccc(F)c(F)c2)cc1)C1CCC(CCCCC)CC1. The Morgan fingerprint density at radius 3 is 2.41 bits per heavy atom. The van der Waals surface area contributed by atoms with Crippen LogP contribution >= 0.6 is 0 Å². The highest BCUT2D eigenvalue weighted by atomic mass is 19.2. The Bertz CT molecular complexity index is 883. The highest BCUT2D eigenvalue weighted by Gasteiger charge is 2.28. The van der Waals surface area contributed by atoms with Crippen molar-refractivity contribution >= 4 is 5.97 Å². The molecule has 0 heterocycles.